The first-order chi connectivity index (χ1) is 14.2. The summed E-state index contributed by atoms with van der Waals surface area (Å²) in [4.78, 5) is 0. The Balaban J connectivity index is 1.87. The fourth-order valence-corrected chi connectivity index (χ4v) is 4.37. The average Bonchev–Trinajstić information content (AvgIpc) is 3.30. The number of hydrogen-bond acceptors (Lipinski definition) is 3. The molecule has 0 unspecified atom stereocenters. The van der Waals surface area contributed by atoms with Crippen LogP contribution in [0.5, 0.6) is 0 Å². The molecule has 0 spiro atoms. The van der Waals surface area contributed by atoms with Gasteiger partial charge in [0.15, 0.2) is 5.58 Å². The van der Waals surface area contributed by atoms with E-state index in [0.29, 0.717) is 11.0 Å². The fraction of sp³-hybridized carbons (Fsp3) is 0. The van der Waals surface area contributed by atoms with Crippen LogP contribution >= 0.6 is 0 Å². The van der Waals surface area contributed by atoms with Gasteiger partial charge in [-0.1, -0.05) is 60.7 Å². The van der Waals surface area contributed by atoms with Crippen molar-refractivity contribution in [1.29, 1.82) is 0 Å². The molecular formula is C24H16BNO3. The highest BCUT2D eigenvalue weighted by atomic mass is 16.4. The predicted molar refractivity (Wildman–Crippen MR) is 118 cm³/mol. The highest BCUT2D eigenvalue weighted by molar-refractivity contribution is 6.61. The summed E-state index contributed by atoms with van der Waals surface area (Å²) in [5, 5.41) is 23.7. The second-order valence-electron chi connectivity index (χ2n) is 7.23. The molecule has 0 bridgehead atoms. The Morgan fingerprint density at radius 1 is 0.621 bits per heavy atom. The summed E-state index contributed by atoms with van der Waals surface area (Å²) in [5.74, 6) is 0. The summed E-state index contributed by atoms with van der Waals surface area (Å²) in [6, 6.07) is 28.1. The number of furan rings is 1. The molecule has 0 saturated heterocycles. The molecule has 0 amide bonds. The van der Waals surface area contributed by atoms with Gasteiger partial charge < -0.3 is 19.0 Å². The lowest BCUT2D eigenvalue weighted by Gasteiger charge is -2.07. The summed E-state index contributed by atoms with van der Waals surface area (Å²) in [7, 11) is -1.59. The zero-order valence-corrected chi connectivity index (χ0v) is 15.4. The van der Waals surface area contributed by atoms with Crippen LogP contribution in [0.1, 0.15) is 0 Å². The van der Waals surface area contributed by atoms with E-state index in [2.05, 4.69) is 41.0 Å². The molecule has 2 N–H and O–H groups in total. The van der Waals surface area contributed by atoms with E-state index in [0.717, 1.165) is 43.8 Å². The molecule has 4 nitrogen and oxygen atoms in total. The molecule has 6 rings (SSSR count). The predicted octanol–water partition coefficient (Wildman–Crippen LogP) is 4.36. The van der Waals surface area contributed by atoms with Crippen LogP contribution in [0.3, 0.4) is 0 Å². The van der Waals surface area contributed by atoms with Crippen molar-refractivity contribution in [3.63, 3.8) is 0 Å². The van der Waals surface area contributed by atoms with Crippen molar-refractivity contribution < 1.29 is 14.5 Å². The van der Waals surface area contributed by atoms with Gasteiger partial charge in [0, 0.05) is 32.7 Å². The van der Waals surface area contributed by atoms with E-state index in [1.165, 1.54) is 0 Å². The Hall–Kier alpha value is -3.54. The van der Waals surface area contributed by atoms with Crippen LogP contribution in [-0.2, 0) is 0 Å². The van der Waals surface area contributed by atoms with Gasteiger partial charge in [-0.05, 0) is 24.3 Å². The minimum Gasteiger partial charge on any atom is -0.454 e. The summed E-state index contributed by atoms with van der Waals surface area (Å²) < 4.78 is 8.52. The van der Waals surface area contributed by atoms with Crippen LogP contribution in [0.15, 0.2) is 89.3 Å². The monoisotopic (exact) mass is 377 g/mol. The summed E-state index contributed by atoms with van der Waals surface area (Å²) in [5.41, 5.74) is 4.75. The molecule has 0 aliphatic rings. The molecule has 29 heavy (non-hydrogen) atoms. The normalized spacial score (nSPS) is 11.8. The second kappa shape index (κ2) is 5.98. The van der Waals surface area contributed by atoms with Crippen molar-refractivity contribution in [2.24, 2.45) is 0 Å². The third-order valence-corrected chi connectivity index (χ3v) is 5.62. The van der Waals surface area contributed by atoms with E-state index in [1.54, 1.807) is 6.07 Å². The molecule has 138 valence electrons. The number of rotatable bonds is 2. The number of benzene rings is 4. The molecule has 4 aromatic carbocycles. The number of para-hydroxylation sites is 3. The van der Waals surface area contributed by atoms with E-state index in [4.69, 9.17) is 4.42 Å². The zero-order chi connectivity index (χ0) is 19.5. The van der Waals surface area contributed by atoms with Crippen LogP contribution in [0.25, 0.3) is 49.4 Å². The maximum Gasteiger partial charge on any atom is 0.492 e. The van der Waals surface area contributed by atoms with Crippen molar-refractivity contribution >= 4 is 56.3 Å². The van der Waals surface area contributed by atoms with Crippen molar-refractivity contribution in [3.8, 4) is 5.69 Å². The fourth-order valence-electron chi connectivity index (χ4n) is 4.37. The van der Waals surface area contributed by atoms with Gasteiger partial charge in [0.2, 0.25) is 0 Å². The van der Waals surface area contributed by atoms with Gasteiger partial charge in [-0.2, -0.15) is 0 Å². The molecule has 0 atom stereocenters. The van der Waals surface area contributed by atoms with Gasteiger partial charge >= 0.3 is 7.12 Å². The van der Waals surface area contributed by atoms with Crippen molar-refractivity contribution in [3.05, 3.63) is 84.9 Å². The number of nitrogens with zero attached hydrogens (tertiary/aromatic N) is 1. The summed E-state index contributed by atoms with van der Waals surface area (Å²) >= 11 is 0. The van der Waals surface area contributed by atoms with E-state index in [1.807, 2.05) is 42.5 Å². The lowest BCUT2D eigenvalue weighted by atomic mass is 9.79. The molecule has 0 aliphatic carbocycles. The second-order valence-corrected chi connectivity index (χ2v) is 7.23. The lowest BCUT2D eigenvalue weighted by molar-refractivity contribution is 0.425. The van der Waals surface area contributed by atoms with E-state index in [9.17, 15) is 10.0 Å². The van der Waals surface area contributed by atoms with Crippen molar-refractivity contribution in [2.45, 2.75) is 0 Å². The van der Waals surface area contributed by atoms with Crippen LogP contribution < -0.4 is 5.46 Å². The van der Waals surface area contributed by atoms with Crippen LogP contribution in [0.2, 0.25) is 0 Å². The van der Waals surface area contributed by atoms with E-state index < -0.39 is 7.12 Å². The van der Waals surface area contributed by atoms with Crippen molar-refractivity contribution in [1.82, 2.24) is 4.57 Å². The smallest absolute Gasteiger partial charge is 0.454 e. The third-order valence-electron chi connectivity index (χ3n) is 5.62. The SMILES string of the molecule is OB(O)c1cccc2c1oc1c2ccc2c3ccccc3n(-c3ccccc3)c21. The first-order valence-electron chi connectivity index (χ1n) is 9.53. The quantitative estimate of drug-likeness (QED) is 0.441. The Kier molecular flexibility index (Phi) is 3.39. The Bertz CT molecular complexity index is 1530. The summed E-state index contributed by atoms with van der Waals surface area (Å²) in [6.07, 6.45) is 0. The first kappa shape index (κ1) is 16.4. The van der Waals surface area contributed by atoms with Gasteiger partial charge in [0.05, 0.1) is 11.0 Å². The minimum absolute atomic E-state index is 0.370. The molecule has 0 saturated carbocycles. The molecule has 2 aromatic heterocycles. The maximum absolute atomic E-state index is 9.80. The van der Waals surface area contributed by atoms with E-state index >= 15 is 0 Å². The lowest BCUT2D eigenvalue weighted by Crippen LogP contribution is -2.29. The molecule has 0 fully saturated rings. The zero-order valence-electron chi connectivity index (χ0n) is 15.4. The highest BCUT2D eigenvalue weighted by Crippen LogP contribution is 2.39. The van der Waals surface area contributed by atoms with Crippen LogP contribution in [0.4, 0.5) is 0 Å². The topological polar surface area (TPSA) is 58.5 Å². The third kappa shape index (κ3) is 2.23. The first-order valence-corrected chi connectivity index (χ1v) is 9.53. The molecule has 2 heterocycles. The maximum atomic E-state index is 9.80. The van der Waals surface area contributed by atoms with Crippen molar-refractivity contribution in [2.75, 3.05) is 0 Å². The Labute approximate surface area is 166 Å². The molecule has 6 aromatic rings. The Morgan fingerprint density at radius 2 is 1.31 bits per heavy atom. The highest BCUT2D eigenvalue weighted by Gasteiger charge is 2.22. The van der Waals surface area contributed by atoms with Crippen LogP contribution in [-0.4, -0.2) is 21.7 Å². The molecule has 0 aliphatic heterocycles. The van der Waals surface area contributed by atoms with Gasteiger partial charge in [-0.25, -0.2) is 0 Å². The Morgan fingerprint density at radius 3 is 2.14 bits per heavy atom. The van der Waals surface area contributed by atoms with Crippen LogP contribution in [0, 0.1) is 0 Å². The van der Waals surface area contributed by atoms with Gasteiger partial charge in [0.1, 0.15) is 5.58 Å². The molecule has 5 heteroatoms. The van der Waals surface area contributed by atoms with Gasteiger partial charge in [0.25, 0.3) is 0 Å². The molecular weight excluding hydrogens is 361 g/mol. The standard InChI is InChI=1S/C24H16BNO3/c27-25(28)20-11-6-10-18-19-14-13-17-16-9-4-5-12-21(16)26(15-7-2-1-3-8-15)22(17)24(19)29-23(18)20/h1-14,27-28H. The van der Waals surface area contributed by atoms with Gasteiger partial charge in [-0.15, -0.1) is 0 Å². The molecule has 0 radical (unpaired) electrons. The largest absolute Gasteiger partial charge is 0.492 e. The number of fused-ring (bicyclic) bond motifs is 7. The minimum atomic E-state index is -1.59. The summed E-state index contributed by atoms with van der Waals surface area (Å²) in [6.45, 7) is 0. The van der Waals surface area contributed by atoms with E-state index in [-0.39, 0.29) is 0 Å². The number of aromatic nitrogens is 1. The number of hydrogen-bond donors (Lipinski definition) is 2. The average molecular weight is 377 g/mol. The van der Waals surface area contributed by atoms with Gasteiger partial charge in [-0.3, -0.25) is 0 Å².